The summed E-state index contributed by atoms with van der Waals surface area (Å²) in [4.78, 5) is 2.26. The second-order valence-electron chi connectivity index (χ2n) is 9.73. The van der Waals surface area contributed by atoms with Crippen LogP contribution in [0.25, 0.3) is 0 Å². The normalized spacial score (nSPS) is 18.2. The highest BCUT2D eigenvalue weighted by molar-refractivity contribution is 6.32. The predicted molar refractivity (Wildman–Crippen MR) is 141 cm³/mol. The van der Waals surface area contributed by atoms with Gasteiger partial charge in [0.05, 0.1) is 24.9 Å². The van der Waals surface area contributed by atoms with Crippen molar-refractivity contribution in [3.05, 3.63) is 70.5 Å². The van der Waals surface area contributed by atoms with E-state index in [4.69, 9.17) is 25.8 Å². The van der Waals surface area contributed by atoms with E-state index in [1.54, 1.807) is 7.11 Å². The molecule has 0 unspecified atom stereocenters. The first-order chi connectivity index (χ1) is 17.3. The molecule has 0 bridgehead atoms. The second-order valence-corrected chi connectivity index (χ2v) is 10.1. The van der Waals surface area contributed by atoms with E-state index in [1.165, 1.54) is 0 Å². The monoisotopic (exact) mass is 513 g/mol. The molecule has 1 atom stereocenters. The molecule has 194 valence electrons. The van der Waals surface area contributed by atoms with Crippen LogP contribution in [0.1, 0.15) is 36.0 Å². The van der Waals surface area contributed by atoms with E-state index in [0.29, 0.717) is 42.6 Å². The van der Waals surface area contributed by atoms with Crippen LogP contribution in [0.4, 0.5) is 0 Å². The number of hydrogen-bond acceptors (Lipinski definition) is 6. The first-order valence-electron chi connectivity index (χ1n) is 12.5. The van der Waals surface area contributed by atoms with Crippen LogP contribution in [0.5, 0.6) is 17.2 Å². The average Bonchev–Trinajstić information content (AvgIpc) is 3.28. The predicted octanol–water partition coefficient (Wildman–Crippen LogP) is 5.04. The zero-order valence-corrected chi connectivity index (χ0v) is 22.1. The molecule has 1 aromatic heterocycles. The highest BCUT2D eigenvalue weighted by Crippen LogP contribution is 2.31. The summed E-state index contributed by atoms with van der Waals surface area (Å²) in [5.41, 5.74) is 2.41. The van der Waals surface area contributed by atoms with Gasteiger partial charge >= 0.3 is 0 Å². The first-order valence-corrected chi connectivity index (χ1v) is 12.8. The van der Waals surface area contributed by atoms with E-state index < -0.39 is 5.60 Å². The van der Waals surface area contributed by atoms with Gasteiger partial charge in [0.1, 0.15) is 18.0 Å². The van der Waals surface area contributed by atoms with Gasteiger partial charge in [-0.2, -0.15) is 5.10 Å². The van der Waals surface area contributed by atoms with Gasteiger partial charge in [-0.25, -0.2) is 0 Å². The van der Waals surface area contributed by atoms with Crippen molar-refractivity contribution < 1.29 is 19.3 Å². The van der Waals surface area contributed by atoms with Crippen molar-refractivity contribution in [2.45, 2.75) is 51.8 Å². The van der Waals surface area contributed by atoms with E-state index in [1.807, 2.05) is 61.3 Å². The number of rotatable bonds is 11. The zero-order chi connectivity index (χ0) is 25.5. The topological polar surface area (TPSA) is 69.0 Å². The fourth-order valence-electron chi connectivity index (χ4n) is 4.58. The lowest BCUT2D eigenvalue weighted by atomic mass is 9.93. The van der Waals surface area contributed by atoms with Gasteiger partial charge in [-0.15, -0.1) is 0 Å². The molecule has 2 aromatic carbocycles. The third kappa shape index (κ3) is 7.15. The lowest BCUT2D eigenvalue weighted by Crippen LogP contribution is -2.51. The number of likely N-dealkylation sites (tertiary alicyclic amines) is 1. The molecule has 0 aliphatic carbocycles. The van der Waals surface area contributed by atoms with Crippen LogP contribution >= 0.6 is 11.6 Å². The summed E-state index contributed by atoms with van der Waals surface area (Å²) in [6.07, 6.45) is 6.34. The Morgan fingerprint density at radius 2 is 1.92 bits per heavy atom. The molecule has 0 spiro atoms. The van der Waals surface area contributed by atoms with Crippen molar-refractivity contribution in [3.63, 3.8) is 0 Å². The standard InChI is InChI=1S/C28H36ClN3O4/c1-21-6-8-24(29)26(14-21)36-20-28(33)10-4-11-31(19-28)18-23-7-9-25(27(15-23)34-3)35-13-5-12-32-17-22(2)16-30-32/h6-9,14-17,33H,4-5,10-13,18-20H2,1-3H3/t28-/m1/s1. The molecule has 1 aliphatic heterocycles. The molecule has 0 amide bonds. The fraction of sp³-hybridized carbons (Fsp3) is 0.464. The number of piperidine rings is 1. The van der Waals surface area contributed by atoms with Crippen LogP contribution < -0.4 is 14.2 Å². The maximum Gasteiger partial charge on any atom is 0.161 e. The van der Waals surface area contributed by atoms with E-state index in [9.17, 15) is 5.11 Å². The van der Waals surface area contributed by atoms with Crippen molar-refractivity contribution in [2.75, 3.05) is 33.4 Å². The van der Waals surface area contributed by atoms with Crippen LogP contribution in [0.3, 0.4) is 0 Å². The van der Waals surface area contributed by atoms with E-state index >= 15 is 0 Å². The number of benzene rings is 2. The minimum Gasteiger partial charge on any atom is -0.493 e. The highest BCUT2D eigenvalue weighted by Gasteiger charge is 2.34. The molecule has 0 radical (unpaired) electrons. The number of methoxy groups -OCH3 is 1. The zero-order valence-electron chi connectivity index (χ0n) is 21.4. The second kappa shape index (κ2) is 12.0. The lowest BCUT2D eigenvalue weighted by Gasteiger charge is -2.39. The van der Waals surface area contributed by atoms with Gasteiger partial charge in [0.25, 0.3) is 0 Å². The van der Waals surface area contributed by atoms with Gasteiger partial charge in [-0.1, -0.05) is 23.7 Å². The van der Waals surface area contributed by atoms with Crippen LogP contribution in [0, 0.1) is 13.8 Å². The quantitative estimate of drug-likeness (QED) is 0.362. The van der Waals surface area contributed by atoms with Gasteiger partial charge in [0, 0.05) is 32.3 Å². The molecule has 1 N–H and O–H groups in total. The van der Waals surface area contributed by atoms with Gasteiger partial charge in [-0.05, 0) is 74.2 Å². The summed E-state index contributed by atoms with van der Waals surface area (Å²) in [5, 5.41) is 16.1. The number of β-amino-alcohol motifs (C(OH)–C–C–N with tert-alkyl or cyclic N) is 1. The Morgan fingerprint density at radius 1 is 1.06 bits per heavy atom. The molecule has 2 heterocycles. The van der Waals surface area contributed by atoms with Crippen LogP contribution in [0.2, 0.25) is 5.02 Å². The Morgan fingerprint density at radius 3 is 2.69 bits per heavy atom. The Labute approximate surface area is 218 Å². The average molecular weight is 514 g/mol. The summed E-state index contributed by atoms with van der Waals surface area (Å²) in [6.45, 7) is 7.79. The van der Waals surface area contributed by atoms with Crippen molar-refractivity contribution in [3.8, 4) is 17.2 Å². The molecule has 3 aromatic rings. The highest BCUT2D eigenvalue weighted by atomic mass is 35.5. The molecule has 36 heavy (non-hydrogen) atoms. The Bertz CT molecular complexity index is 1150. The number of aliphatic hydroxyl groups is 1. The maximum absolute atomic E-state index is 11.2. The fourth-order valence-corrected chi connectivity index (χ4v) is 4.75. The number of hydrogen-bond donors (Lipinski definition) is 1. The summed E-state index contributed by atoms with van der Waals surface area (Å²) in [6, 6.07) is 11.7. The minimum absolute atomic E-state index is 0.209. The van der Waals surface area contributed by atoms with Crippen molar-refractivity contribution in [1.29, 1.82) is 0 Å². The summed E-state index contributed by atoms with van der Waals surface area (Å²) in [5.74, 6) is 2.06. The summed E-state index contributed by atoms with van der Waals surface area (Å²) >= 11 is 6.26. The Balaban J connectivity index is 1.30. The van der Waals surface area contributed by atoms with Crippen molar-refractivity contribution >= 4 is 11.6 Å². The van der Waals surface area contributed by atoms with Crippen LogP contribution in [0.15, 0.2) is 48.8 Å². The molecule has 7 nitrogen and oxygen atoms in total. The number of halogens is 1. The molecule has 1 fully saturated rings. The smallest absolute Gasteiger partial charge is 0.161 e. The summed E-state index contributed by atoms with van der Waals surface area (Å²) < 4.78 is 19.4. The van der Waals surface area contributed by atoms with E-state index in [2.05, 4.69) is 16.1 Å². The third-order valence-electron chi connectivity index (χ3n) is 6.40. The van der Waals surface area contributed by atoms with Crippen LogP contribution in [-0.2, 0) is 13.1 Å². The minimum atomic E-state index is -0.925. The van der Waals surface area contributed by atoms with Gasteiger partial charge in [-0.3, -0.25) is 9.58 Å². The first kappa shape index (κ1) is 26.3. The Kier molecular flexibility index (Phi) is 8.77. The maximum atomic E-state index is 11.2. The summed E-state index contributed by atoms with van der Waals surface area (Å²) in [7, 11) is 1.66. The molecule has 8 heteroatoms. The molecule has 1 aliphatic rings. The molecular weight excluding hydrogens is 478 g/mol. The molecule has 4 rings (SSSR count). The number of aryl methyl sites for hydroxylation is 3. The molecule has 0 saturated carbocycles. The van der Waals surface area contributed by atoms with E-state index in [-0.39, 0.29) is 6.61 Å². The number of ether oxygens (including phenoxy) is 3. The SMILES string of the molecule is COc1cc(CN2CCC[C@](O)(COc3cc(C)ccc3Cl)C2)ccc1OCCCn1cc(C)cn1. The third-order valence-corrected chi connectivity index (χ3v) is 6.72. The van der Waals surface area contributed by atoms with Gasteiger partial charge in [0.2, 0.25) is 0 Å². The number of aromatic nitrogens is 2. The van der Waals surface area contributed by atoms with E-state index in [0.717, 1.165) is 48.4 Å². The van der Waals surface area contributed by atoms with Crippen molar-refractivity contribution in [1.82, 2.24) is 14.7 Å². The van der Waals surface area contributed by atoms with Gasteiger partial charge in [0.15, 0.2) is 11.5 Å². The Hall–Kier alpha value is -2.74. The molecule has 1 saturated heterocycles. The number of nitrogens with zero attached hydrogens (tertiary/aromatic N) is 3. The van der Waals surface area contributed by atoms with Crippen LogP contribution in [-0.4, -0.2) is 58.8 Å². The lowest BCUT2D eigenvalue weighted by molar-refractivity contribution is -0.0621. The largest absolute Gasteiger partial charge is 0.493 e. The van der Waals surface area contributed by atoms with Gasteiger partial charge < -0.3 is 19.3 Å². The van der Waals surface area contributed by atoms with Crippen molar-refractivity contribution in [2.24, 2.45) is 0 Å². The molecular formula is C28H36ClN3O4.